The zero-order valence-electron chi connectivity index (χ0n) is 13.8. The normalized spacial score (nSPS) is 26.7. The Kier molecular flexibility index (Phi) is 4.02. The average molecular weight is 327 g/mol. The molecule has 126 valence electrons. The molecule has 1 spiro atoms. The maximum atomic E-state index is 6.16. The summed E-state index contributed by atoms with van der Waals surface area (Å²) in [5, 5.41) is 0. The Morgan fingerprint density at radius 1 is 1.21 bits per heavy atom. The van der Waals surface area contributed by atoms with Gasteiger partial charge in [-0.15, -0.1) is 0 Å². The first kappa shape index (κ1) is 15.3. The number of hydrogen-bond acceptors (Lipinski definition) is 7. The van der Waals surface area contributed by atoms with Crippen LogP contribution in [0.5, 0.6) is 6.01 Å². The van der Waals surface area contributed by atoms with E-state index in [9.17, 15) is 0 Å². The van der Waals surface area contributed by atoms with Gasteiger partial charge in [-0.25, -0.2) is 19.9 Å². The van der Waals surface area contributed by atoms with Crippen LogP contribution in [0.2, 0.25) is 0 Å². The molecule has 0 N–H and O–H groups in total. The van der Waals surface area contributed by atoms with Gasteiger partial charge in [0, 0.05) is 44.3 Å². The van der Waals surface area contributed by atoms with E-state index < -0.39 is 0 Å². The van der Waals surface area contributed by atoms with Gasteiger partial charge in [-0.05, 0) is 31.4 Å². The summed E-state index contributed by atoms with van der Waals surface area (Å²) in [7, 11) is 0. The summed E-state index contributed by atoms with van der Waals surface area (Å²) in [5.41, 5.74) is 0.880. The standard InChI is InChI=1S/C17H21N5O2/c1-13-9-20-15(21-10-13)22-7-2-4-17(12-22)8-14(11-23-17)24-16-18-5-3-6-19-16/h3,5-6,9-10,14H,2,4,7-8,11-12H2,1H3/t14-,17-/m0/s1. The molecule has 7 heteroatoms. The number of ether oxygens (including phenoxy) is 2. The molecule has 7 nitrogen and oxygen atoms in total. The summed E-state index contributed by atoms with van der Waals surface area (Å²) in [5.74, 6) is 0.777. The van der Waals surface area contributed by atoms with E-state index in [-0.39, 0.29) is 11.7 Å². The van der Waals surface area contributed by atoms with Gasteiger partial charge in [-0.2, -0.15) is 0 Å². The summed E-state index contributed by atoms with van der Waals surface area (Å²) in [6.07, 6.45) is 10.0. The number of anilines is 1. The minimum absolute atomic E-state index is 0.00807. The van der Waals surface area contributed by atoms with Gasteiger partial charge >= 0.3 is 6.01 Å². The van der Waals surface area contributed by atoms with Gasteiger partial charge < -0.3 is 14.4 Å². The predicted octanol–water partition coefficient (Wildman–Crippen LogP) is 1.78. The molecule has 0 aromatic carbocycles. The molecular formula is C17H21N5O2. The van der Waals surface area contributed by atoms with E-state index in [4.69, 9.17) is 9.47 Å². The molecule has 0 bridgehead atoms. The summed E-state index contributed by atoms with van der Waals surface area (Å²) < 4.78 is 12.0. The van der Waals surface area contributed by atoms with E-state index in [2.05, 4.69) is 24.8 Å². The lowest BCUT2D eigenvalue weighted by Gasteiger charge is -2.39. The van der Waals surface area contributed by atoms with Crippen LogP contribution < -0.4 is 9.64 Å². The lowest BCUT2D eigenvalue weighted by molar-refractivity contribution is -0.00858. The van der Waals surface area contributed by atoms with Gasteiger partial charge in [0.1, 0.15) is 6.10 Å². The van der Waals surface area contributed by atoms with E-state index in [1.54, 1.807) is 18.5 Å². The van der Waals surface area contributed by atoms with Crippen LogP contribution in [0.25, 0.3) is 0 Å². The topological polar surface area (TPSA) is 73.3 Å². The third-order valence-electron chi connectivity index (χ3n) is 4.58. The molecule has 2 saturated heterocycles. The minimum Gasteiger partial charge on any atom is -0.458 e. The molecule has 0 saturated carbocycles. The second kappa shape index (κ2) is 6.32. The van der Waals surface area contributed by atoms with E-state index in [1.807, 2.05) is 19.3 Å². The summed E-state index contributed by atoms with van der Waals surface area (Å²) in [4.78, 5) is 19.4. The number of nitrogens with zero attached hydrogens (tertiary/aromatic N) is 5. The molecule has 2 aliphatic heterocycles. The van der Waals surface area contributed by atoms with Crippen LogP contribution in [0.4, 0.5) is 5.95 Å². The molecule has 2 aromatic rings. The van der Waals surface area contributed by atoms with Crippen molar-refractivity contribution in [3.63, 3.8) is 0 Å². The fourth-order valence-corrected chi connectivity index (χ4v) is 3.48. The van der Waals surface area contributed by atoms with Crippen LogP contribution in [0.1, 0.15) is 24.8 Å². The molecule has 4 heterocycles. The summed E-state index contributed by atoms with van der Waals surface area (Å²) >= 11 is 0. The molecule has 0 radical (unpaired) electrons. The van der Waals surface area contributed by atoms with Crippen molar-refractivity contribution in [3.05, 3.63) is 36.4 Å². The second-order valence-corrected chi connectivity index (χ2v) is 6.55. The van der Waals surface area contributed by atoms with Crippen molar-refractivity contribution >= 4 is 5.95 Å². The Bertz CT molecular complexity index is 681. The van der Waals surface area contributed by atoms with Gasteiger partial charge in [0.15, 0.2) is 0 Å². The van der Waals surface area contributed by atoms with Crippen LogP contribution >= 0.6 is 0 Å². The first-order valence-corrected chi connectivity index (χ1v) is 8.34. The van der Waals surface area contributed by atoms with Crippen molar-refractivity contribution < 1.29 is 9.47 Å². The van der Waals surface area contributed by atoms with E-state index in [1.165, 1.54) is 0 Å². The molecule has 0 unspecified atom stereocenters. The van der Waals surface area contributed by atoms with Crippen molar-refractivity contribution in [2.45, 2.75) is 37.9 Å². The third-order valence-corrected chi connectivity index (χ3v) is 4.58. The molecule has 0 aliphatic carbocycles. The molecule has 4 rings (SSSR count). The molecule has 0 amide bonds. The highest BCUT2D eigenvalue weighted by molar-refractivity contribution is 5.32. The van der Waals surface area contributed by atoms with Crippen LogP contribution in [-0.2, 0) is 4.74 Å². The van der Waals surface area contributed by atoms with Gasteiger partial charge in [0.25, 0.3) is 0 Å². The molecule has 2 aliphatic rings. The quantitative estimate of drug-likeness (QED) is 0.851. The van der Waals surface area contributed by atoms with Crippen LogP contribution in [0, 0.1) is 6.92 Å². The molecule has 2 atom stereocenters. The first-order chi connectivity index (χ1) is 11.7. The average Bonchev–Trinajstić information content (AvgIpc) is 2.98. The highest BCUT2D eigenvalue weighted by Crippen LogP contribution is 2.36. The van der Waals surface area contributed by atoms with Crippen molar-refractivity contribution in [1.82, 2.24) is 19.9 Å². The molecule has 24 heavy (non-hydrogen) atoms. The Balaban J connectivity index is 1.43. The summed E-state index contributed by atoms with van der Waals surface area (Å²) in [6, 6.07) is 2.19. The number of aryl methyl sites for hydroxylation is 1. The number of piperidine rings is 1. The fourth-order valence-electron chi connectivity index (χ4n) is 3.48. The maximum Gasteiger partial charge on any atom is 0.316 e. The Hall–Kier alpha value is -2.28. The fraction of sp³-hybridized carbons (Fsp3) is 0.529. The maximum absolute atomic E-state index is 6.16. The van der Waals surface area contributed by atoms with Crippen LogP contribution in [0.15, 0.2) is 30.9 Å². The van der Waals surface area contributed by atoms with Crippen molar-refractivity contribution in [1.29, 1.82) is 0 Å². The number of hydrogen-bond donors (Lipinski definition) is 0. The Morgan fingerprint density at radius 2 is 2.00 bits per heavy atom. The van der Waals surface area contributed by atoms with Crippen LogP contribution in [-0.4, -0.2) is 51.3 Å². The van der Waals surface area contributed by atoms with Crippen LogP contribution in [0.3, 0.4) is 0 Å². The van der Waals surface area contributed by atoms with E-state index >= 15 is 0 Å². The lowest BCUT2D eigenvalue weighted by Crippen LogP contribution is -2.48. The molecular weight excluding hydrogens is 306 g/mol. The first-order valence-electron chi connectivity index (χ1n) is 8.34. The largest absolute Gasteiger partial charge is 0.458 e. The Labute approximate surface area is 141 Å². The van der Waals surface area contributed by atoms with E-state index in [0.717, 1.165) is 43.9 Å². The van der Waals surface area contributed by atoms with Crippen molar-refractivity contribution in [2.75, 3.05) is 24.6 Å². The zero-order chi connectivity index (χ0) is 16.4. The van der Waals surface area contributed by atoms with Gasteiger partial charge in [-0.3, -0.25) is 0 Å². The molecule has 2 fully saturated rings. The third kappa shape index (κ3) is 3.17. The monoisotopic (exact) mass is 327 g/mol. The Morgan fingerprint density at radius 3 is 2.79 bits per heavy atom. The van der Waals surface area contributed by atoms with Gasteiger partial charge in [0.05, 0.1) is 12.2 Å². The highest BCUT2D eigenvalue weighted by atomic mass is 16.6. The zero-order valence-corrected chi connectivity index (χ0v) is 13.8. The SMILES string of the molecule is Cc1cnc(N2CCC[C@]3(C[C@H](Oc4ncccn4)CO3)C2)nc1. The summed E-state index contributed by atoms with van der Waals surface area (Å²) in [6.45, 7) is 4.32. The van der Waals surface area contributed by atoms with Crippen molar-refractivity contribution in [3.8, 4) is 6.01 Å². The highest BCUT2D eigenvalue weighted by Gasteiger charge is 2.45. The lowest BCUT2D eigenvalue weighted by atomic mass is 9.89. The van der Waals surface area contributed by atoms with Gasteiger partial charge in [0.2, 0.25) is 5.95 Å². The van der Waals surface area contributed by atoms with Gasteiger partial charge in [-0.1, -0.05) is 0 Å². The van der Waals surface area contributed by atoms with Crippen molar-refractivity contribution in [2.24, 2.45) is 0 Å². The second-order valence-electron chi connectivity index (χ2n) is 6.55. The van der Waals surface area contributed by atoms with E-state index in [0.29, 0.717) is 12.6 Å². The molecule has 2 aromatic heterocycles. The minimum atomic E-state index is -0.189. The smallest absolute Gasteiger partial charge is 0.316 e. The predicted molar refractivity (Wildman–Crippen MR) is 88.0 cm³/mol. The number of rotatable bonds is 3. The number of aromatic nitrogens is 4.